The summed E-state index contributed by atoms with van der Waals surface area (Å²) in [6.45, 7) is 2.09. The van der Waals surface area contributed by atoms with Crippen molar-refractivity contribution in [3.8, 4) is 11.5 Å². The van der Waals surface area contributed by atoms with E-state index in [1.807, 2.05) is 6.07 Å². The number of hydrogen-bond donors (Lipinski definition) is 2. The number of carbonyl (C=O) groups excluding carboxylic acids is 1. The summed E-state index contributed by atoms with van der Waals surface area (Å²) in [5, 5.41) is 12.5. The van der Waals surface area contributed by atoms with Gasteiger partial charge >= 0.3 is 0 Å². The van der Waals surface area contributed by atoms with Gasteiger partial charge < -0.3 is 24.3 Å². The van der Waals surface area contributed by atoms with E-state index >= 15 is 0 Å². The third-order valence-corrected chi connectivity index (χ3v) is 3.38. The van der Waals surface area contributed by atoms with Crippen molar-refractivity contribution in [2.45, 2.75) is 13.0 Å². The van der Waals surface area contributed by atoms with Gasteiger partial charge in [-0.25, -0.2) is 0 Å². The molecule has 0 radical (unpaired) electrons. The Kier molecular flexibility index (Phi) is 4.34. The predicted molar refractivity (Wildman–Crippen MR) is 83.0 cm³/mol. The Balaban J connectivity index is 1.52. The summed E-state index contributed by atoms with van der Waals surface area (Å²) in [4.78, 5) is 11.8. The summed E-state index contributed by atoms with van der Waals surface area (Å²) in [6.07, 6.45) is 2.20. The van der Waals surface area contributed by atoms with Crippen molar-refractivity contribution in [3.05, 3.63) is 53.5 Å². The Hall–Kier alpha value is -2.73. The average Bonchev–Trinajstić information content (AvgIpc) is 3.18. The van der Waals surface area contributed by atoms with Crippen LogP contribution in [0.1, 0.15) is 23.2 Å². The van der Waals surface area contributed by atoms with Crippen LogP contribution < -0.4 is 14.8 Å². The van der Waals surface area contributed by atoms with Gasteiger partial charge in [-0.15, -0.1) is 0 Å². The summed E-state index contributed by atoms with van der Waals surface area (Å²) in [6, 6.07) is 8.88. The van der Waals surface area contributed by atoms with Crippen molar-refractivity contribution in [1.29, 1.82) is 0 Å². The van der Waals surface area contributed by atoms with Gasteiger partial charge in [0.15, 0.2) is 11.5 Å². The SMILES string of the molecule is Cc1ccc([C@@H](O)CNC(=O)/C=C/c2ccc3c(c2)OCO3)o1. The molecule has 1 aromatic heterocycles. The second-order valence-corrected chi connectivity index (χ2v) is 5.16. The molecule has 1 atom stereocenters. The quantitative estimate of drug-likeness (QED) is 0.827. The number of benzene rings is 1. The van der Waals surface area contributed by atoms with Crippen LogP contribution in [0.3, 0.4) is 0 Å². The maximum absolute atomic E-state index is 11.8. The minimum atomic E-state index is -0.869. The zero-order chi connectivity index (χ0) is 16.2. The molecule has 2 heterocycles. The lowest BCUT2D eigenvalue weighted by Crippen LogP contribution is -2.26. The van der Waals surface area contributed by atoms with Crippen molar-refractivity contribution in [2.24, 2.45) is 0 Å². The molecule has 0 unspecified atom stereocenters. The first-order valence-electron chi connectivity index (χ1n) is 7.22. The van der Waals surface area contributed by atoms with Crippen LogP contribution in [0, 0.1) is 6.92 Å². The molecule has 0 saturated carbocycles. The highest BCUT2D eigenvalue weighted by molar-refractivity contribution is 5.91. The van der Waals surface area contributed by atoms with Crippen LogP contribution in [0.2, 0.25) is 0 Å². The highest BCUT2D eigenvalue weighted by Crippen LogP contribution is 2.32. The lowest BCUT2D eigenvalue weighted by atomic mass is 10.2. The van der Waals surface area contributed by atoms with Crippen molar-refractivity contribution in [2.75, 3.05) is 13.3 Å². The molecule has 0 fully saturated rings. The average molecular weight is 315 g/mol. The van der Waals surface area contributed by atoms with E-state index in [2.05, 4.69) is 5.32 Å². The van der Waals surface area contributed by atoms with E-state index < -0.39 is 6.10 Å². The second-order valence-electron chi connectivity index (χ2n) is 5.16. The summed E-state index contributed by atoms with van der Waals surface area (Å²) < 4.78 is 15.8. The van der Waals surface area contributed by atoms with Crippen LogP contribution in [0.25, 0.3) is 6.08 Å². The van der Waals surface area contributed by atoms with Gasteiger partial charge in [-0.2, -0.15) is 0 Å². The number of aliphatic hydroxyl groups is 1. The van der Waals surface area contributed by atoms with Gasteiger partial charge in [-0.3, -0.25) is 4.79 Å². The van der Waals surface area contributed by atoms with E-state index in [9.17, 15) is 9.90 Å². The molecule has 120 valence electrons. The fraction of sp³-hybridized carbons (Fsp3) is 0.235. The first-order valence-corrected chi connectivity index (χ1v) is 7.22. The Morgan fingerprint density at radius 3 is 2.91 bits per heavy atom. The van der Waals surface area contributed by atoms with Crippen molar-refractivity contribution in [1.82, 2.24) is 5.32 Å². The molecule has 0 bridgehead atoms. The fourth-order valence-electron chi connectivity index (χ4n) is 2.18. The first kappa shape index (κ1) is 15.2. The van der Waals surface area contributed by atoms with Crippen LogP contribution in [-0.2, 0) is 4.79 Å². The fourth-order valence-corrected chi connectivity index (χ4v) is 2.18. The standard InChI is InChI=1S/C17H17NO5/c1-11-2-5-14(23-11)13(19)9-18-17(20)7-4-12-3-6-15-16(8-12)22-10-21-15/h2-8,13,19H,9-10H2,1H3,(H,18,20)/b7-4+/t13-/m0/s1. The predicted octanol–water partition coefficient (Wildman–Crippen LogP) is 2.18. The van der Waals surface area contributed by atoms with Gasteiger partial charge in [0.25, 0.3) is 0 Å². The zero-order valence-corrected chi connectivity index (χ0v) is 12.6. The molecule has 1 aromatic carbocycles. The maximum Gasteiger partial charge on any atom is 0.244 e. The van der Waals surface area contributed by atoms with Crippen LogP contribution in [0.4, 0.5) is 0 Å². The van der Waals surface area contributed by atoms with E-state index in [-0.39, 0.29) is 19.2 Å². The van der Waals surface area contributed by atoms with Crippen molar-refractivity contribution < 1.29 is 23.8 Å². The molecule has 1 amide bonds. The molecule has 1 aliphatic rings. The molecule has 1 aliphatic heterocycles. The molecule has 3 rings (SSSR count). The Morgan fingerprint density at radius 2 is 2.13 bits per heavy atom. The number of hydrogen-bond acceptors (Lipinski definition) is 5. The number of rotatable bonds is 5. The van der Waals surface area contributed by atoms with Gasteiger partial charge in [0.2, 0.25) is 12.7 Å². The normalized spacial score (nSPS) is 14.2. The number of aryl methyl sites for hydroxylation is 1. The summed E-state index contributed by atoms with van der Waals surface area (Å²) in [5.41, 5.74) is 0.826. The number of amides is 1. The van der Waals surface area contributed by atoms with Crippen molar-refractivity contribution >= 4 is 12.0 Å². The molecular formula is C17H17NO5. The van der Waals surface area contributed by atoms with Crippen LogP contribution in [-0.4, -0.2) is 24.4 Å². The molecule has 0 aliphatic carbocycles. The topological polar surface area (TPSA) is 80.9 Å². The number of ether oxygens (including phenoxy) is 2. The third-order valence-electron chi connectivity index (χ3n) is 3.38. The molecule has 0 saturated heterocycles. The number of carbonyl (C=O) groups is 1. The van der Waals surface area contributed by atoms with Crippen LogP contribution in [0.5, 0.6) is 11.5 Å². The van der Waals surface area contributed by atoms with E-state index in [0.717, 1.165) is 5.56 Å². The van der Waals surface area contributed by atoms with Crippen molar-refractivity contribution in [3.63, 3.8) is 0 Å². The highest BCUT2D eigenvalue weighted by atomic mass is 16.7. The highest BCUT2D eigenvalue weighted by Gasteiger charge is 2.13. The monoisotopic (exact) mass is 315 g/mol. The number of nitrogens with one attached hydrogen (secondary N) is 1. The molecule has 2 aromatic rings. The molecule has 23 heavy (non-hydrogen) atoms. The van der Waals surface area contributed by atoms with Gasteiger partial charge in [-0.1, -0.05) is 6.07 Å². The second kappa shape index (κ2) is 6.58. The lowest BCUT2D eigenvalue weighted by Gasteiger charge is -2.08. The summed E-state index contributed by atoms with van der Waals surface area (Å²) >= 11 is 0. The van der Waals surface area contributed by atoms with E-state index in [0.29, 0.717) is 23.0 Å². The minimum absolute atomic E-state index is 0.0806. The smallest absolute Gasteiger partial charge is 0.244 e. The number of fused-ring (bicyclic) bond motifs is 1. The van der Waals surface area contributed by atoms with Crippen LogP contribution >= 0.6 is 0 Å². The Bertz CT molecular complexity index is 734. The van der Waals surface area contributed by atoms with E-state index in [1.165, 1.54) is 6.08 Å². The zero-order valence-electron chi connectivity index (χ0n) is 12.6. The third kappa shape index (κ3) is 3.73. The molecule has 2 N–H and O–H groups in total. The Labute approximate surface area is 133 Å². The minimum Gasteiger partial charge on any atom is -0.464 e. The Morgan fingerprint density at radius 1 is 1.30 bits per heavy atom. The van der Waals surface area contributed by atoms with E-state index in [4.69, 9.17) is 13.9 Å². The molecule has 6 heteroatoms. The lowest BCUT2D eigenvalue weighted by molar-refractivity contribution is -0.116. The van der Waals surface area contributed by atoms with Gasteiger partial charge in [0.05, 0.1) is 6.54 Å². The van der Waals surface area contributed by atoms with Crippen LogP contribution in [0.15, 0.2) is 40.8 Å². The first-order chi connectivity index (χ1) is 11.1. The molecule has 0 spiro atoms. The largest absolute Gasteiger partial charge is 0.464 e. The van der Waals surface area contributed by atoms with Gasteiger partial charge in [0, 0.05) is 6.08 Å². The number of furan rings is 1. The summed E-state index contributed by atoms with van der Waals surface area (Å²) in [7, 11) is 0. The van der Waals surface area contributed by atoms with Gasteiger partial charge in [0.1, 0.15) is 17.6 Å². The van der Waals surface area contributed by atoms with Gasteiger partial charge in [-0.05, 0) is 42.8 Å². The molecule has 6 nitrogen and oxygen atoms in total. The molecular weight excluding hydrogens is 298 g/mol. The summed E-state index contributed by atoms with van der Waals surface area (Å²) in [5.74, 6) is 2.21. The maximum atomic E-state index is 11.8. The number of aliphatic hydroxyl groups excluding tert-OH is 1. The van der Waals surface area contributed by atoms with E-state index in [1.54, 1.807) is 37.3 Å².